The van der Waals surface area contributed by atoms with E-state index in [0.29, 0.717) is 19.3 Å². The van der Waals surface area contributed by atoms with Gasteiger partial charge >= 0.3 is 7.12 Å². The van der Waals surface area contributed by atoms with Crippen LogP contribution in [-0.2, 0) is 18.9 Å². The van der Waals surface area contributed by atoms with Gasteiger partial charge in [-0.2, -0.15) is 0 Å². The van der Waals surface area contributed by atoms with Gasteiger partial charge in [0, 0.05) is 18.7 Å². The molecule has 0 bridgehead atoms. The molecule has 5 heteroatoms. The van der Waals surface area contributed by atoms with Crippen LogP contribution in [0.4, 0.5) is 0 Å². The summed E-state index contributed by atoms with van der Waals surface area (Å²) in [6.07, 6.45) is 3.18. The average molecular weight is 182 g/mol. The fourth-order valence-electron chi connectivity index (χ4n) is 1.34. The Morgan fingerprint density at radius 2 is 1.62 bits per heavy atom. The Labute approximate surface area is 76.7 Å². The molecule has 1 saturated carbocycles. The van der Waals surface area contributed by atoms with Gasteiger partial charge in [0.2, 0.25) is 0 Å². The summed E-state index contributed by atoms with van der Waals surface area (Å²) in [6.45, 7) is 0. The van der Waals surface area contributed by atoms with Gasteiger partial charge in [-0.05, 0) is 19.3 Å². The summed E-state index contributed by atoms with van der Waals surface area (Å²) >= 11 is 0. The first kappa shape index (κ1) is 8.60. The lowest BCUT2D eigenvalue weighted by Crippen LogP contribution is -2.31. The van der Waals surface area contributed by atoms with E-state index >= 15 is 0 Å². The third-order valence-corrected chi connectivity index (χ3v) is 2.26. The topological polar surface area (TPSA) is 52.6 Å². The highest BCUT2D eigenvalue weighted by molar-refractivity contribution is 6.51. The van der Waals surface area contributed by atoms with Crippen LogP contribution >= 0.6 is 0 Å². The molecule has 13 heavy (non-hydrogen) atoms. The molecule has 0 N–H and O–H groups in total. The summed E-state index contributed by atoms with van der Waals surface area (Å²) in [5.41, 5.74) is 0. The summed E-state index contributed by atoms with van der Waals surface area (Å²) in [5, 5.41) is 0. The quantitative estimate of drug-likeness (QED) is 0.565. The predicted octanol–water partition coefficient (Wildman–Crippen LogP) is 0.909. The van der Waals surface area contributed by atoms with E-state index in [9.17, 15) is 9.59 Å². The zero-order chi connectivity index (χ0) is 9.26. The van der Waals surface area contributed by atoms with Crippen LogP contribution in [0.15, 0.2) is 0 Å². The maximum Gasteiger partial charge on any atom is 0.601 e. The highest BCUT2D eigenvalue weighted by Crippen LogP contribution is 2.40. The molecule has 0 atom stereocenters. The molecule has 1 aliphatic carbocycles. The van der Waals surface area contributed by atoms with Crippen molar-refractivity contribution in [2.24, 2.45) is 0 Å². The second kappa shape index (κ2) is 3.40. The van der Waals surface area contributed by atoms with E-state index in [1.807, 2.05) is 0 Å². The molecule has 0 aromatic rings. The van der Waals surface area contributed by atoms with E-state index in [0.717, 1.165) is 12.8 Å². The van der Waals surface area contributed by atoms with Crippen LogP contribution in [0.5, 0.6) is 0 Å². The normalized spacial score (nSPS) is 24.5. The zero-order valence-electron chi connectivity index (χ0n) is 7.32. The molecule has 1 heterocycles. The van der Waals surface area contributed by atoms with Crippen LogP contribution in [0, 0.1) is 0 Å². The minimum Gasteiger partial charge on any atom is -0.499 e. The standard InChI is InChI=1S/C8H11BO4/c10-7-2-1-3-8(11)13-9(12-7)6-4-5-6/h6H,1-5H2. The molecule has 4 nitrogen and oxygen atoms in total. The van der Waals surface area contributed by atoms with E-state index in [1.165, 1.54) is 0 Å². The van der Waals surface area contributed by atoms with Crippen LogP contribution in [0.25, 0.3) is 0 Å². The highest BCUT2D eigenvalue weighted by Gasteiger charge is 2.45. The molecule has 0 spiro atoms. The molecule has 0 aromatic heterocycles. The molecular weight excluding hydrogens is 171 g/mol. The van der Waals surface area contributed by atoms with Crippen molar-refractivity contribution >= 4 is 19.1 Å². The lowest BCUT2D eigenvalue weighted by Gasteiger charge is -2.16. The van der Waals surface area contributed by atoms with Crippen molar-refractivity contribution in [1.82, 2.24) is 0 Å². The van der Waals surface area contributed by atoms with Crippen LogP contribution in [0.1, 0.15) is 32.1 Å². The Morgan fingerprint density at radius 3 is 2.08 bits per heavy atom. The third kappa shape index (κ3) is 2.23. The van der Waals surface area contributed by atoms with Gasteiger partial charge in [0.1, 0.15) is 0 Å². The molecule has 2 rings (SSSR count). The monoisotopic (exact) mass is 182 g/mol. The molecule has 1 aliphatic heterocycles. The smallest absolute Gasteiger partial charge is 0.499 e. The minimum absolute atomic E-state index is 0.246. The first-order valence-electron chi connectivity index (χ1n) is 4.64. The van der Waals surface area contributed by atoms with Gasteiger partial charge in [-0.1, -0.05) is 0 Å². The van der Waals surface area contributed by atoms with Crippen LogP contribution in [0.2, 0.25) is 5.82 Å². The first-order valence-corrected chi connectivity index (χ1v) is 4.64. The SMILES string of the molecule is O=C1CCCC(=O)OB(C2CC2)O1. The fraction of sp³-hybridized carbons (Fsp3) is 0.750. The Balaban J connectivity index is 1.97. The van der Waals surface area contributed by atoms with E-state index in [4.69, 9.17) is 9.31 Å². The fourth-order valence-corrected chi connectivity index (χ4v) is 1.34. The summed E-state index contributed by atoms with van der Waals surface area (Å²) in [5.74, 6) is -0.236. The summed E-state index contributed by atoms with van der Waals surface area (Å²) in [6, 6.07) is 0. The van der Waals surface area contributed by atoms with Crippen molar-refractivity contribution in [1.29, 1.82) is 0 Å². The van der Waals surface area contributed by atoms with Gasteiger partial charge in [0.15, 0.2) is 0 Å². The number of hydrogen-bond acceptors (Lipinski definition) is 4. The number of rotatable bonds is 1. The minimum atomic E-state index is -0.597. The van der Waals surface area contributed by atoms with Crippen molar-refractivity contribution < 1.29 is 18.9 Å². The van der Waals surface area contributed by atoms with Crippen molar-refractivity contribution in [3.8, 4) is 0 Å². The largest absolute Gasteiger partial charge is 0.601 e. The van der Waals surface area contributed by atoms with Crippen molar-refractivity contribution in [2.75, 3.05) is 0 Å². The summed E-state index contributed by atoms with van der Waals surface area (Å²) in [4.78, 5) is 22.1. The lowest BCUT2D eigenvalue weighted by molar-refractivity contribution is -0.143. The number of carbonyl (C=O) groups is 2. The van der Waals surface area contributed by atoms with E-state index in [-0.39, 0.29) is 17.8 Å². The van der Waals surface area contributed by atoms with Gasteiger partial charge in [-0.3, -0.25) is 9.59 Å². The number of carbonyl (C=O) groups excluding carboxylic acids is 2. The maximum atomic E-state index is 11.1. The van der Waals surface area contributed by atoms with Gasteiger partial charge in [0.25, 0.3) is 11.9 Å². The molecule has 0 aromatic carbocycles. The second-order valence-electron chi connectivity index (χ2n) is 3.54. The van der Waals surface area contributed by atoms with Gasteiger partial charge in [-0.15, -0.1) is 0 Å². The molecule has 0 unspecified atom stereocenters. The summed E-state index contributed by atoms with van der Waals surface area (Å²) in [7, 11) is -0.597. The Hall–Kier alpha value is -0.995. The highest BCUT2D eigenvalue weighted by atomic mass is 16.6. The lowest BCUT2D eigenvalue weighted by atomic mass is 9.81. The molecule has 2 aliphatic rings. The van der Waals surface area contributed by atoms with Crippen LogP contribution in [0.3, 0.4) is 0 Å². The van der Waals surface area contributed by atoms with Gasteiger partial charge in [0.05, 0.1) is 0 Å². The Kier molecular flexibility index (Phi) is 2.25. The Bertz CT molecular complexity index is 218. The van der Waals surface area contributed by atoms with Gasteiger partial charge < -0.3 is 9.31 Å². The molecular formula is C8H11BO4. The molecule has 0 radical (unpaired) electrons. The molecule has 70 valence electrons. The third-order valence-electron chi connectivity index (χ3n) is 2.26. The van der Waals surface area contributed by atoms with E-state index < -0.39 is 7.12 Å². The molecule has 2 fully saturated rings. The summed E-state index contributed by atoms with van der Waals surface area (Å²) < 4.78 is 10.0. The number of hydrogen-bond donors (Lipinski definition) is 0. The second-order valence-corrected chi connectivity index (χ2v) is 3.54. The van der Waals surface area contributed by atoms with Crippen LogP contribution < -0.4 is 0 Å². The molecule has 1 saturated heterocycles. The average Bonchev–Trinajstić information content (AvgIpc) is 2.82. The molecule has 0 amide bonds. The van der Waals surface area contributed by atoms with Crippen LogP contribution in [-0.4, -0.2) is 19.1 Å². The van der Waals surface area contributed by atoms with E-state index in [2.05, 4.69) is 0 Å². The maximum absolute atomic E-state index is 11.1. The first-order chi connectivity index (χ1) is 6.25. The Morgan fingerprint density at radius 1 is 1.08 bits per heavy atom. The van der Waals surface area contributed by atoms with Crippen molar-refractivity contribution in [3.63, 3.8) is 0 Å². The van der Waals surface area contributed by atoms with E-state index in [1.54, 1.807) is 0 Å². The zero-order valence-corrected chi connectivity index (χ0v) is 7.32. The van der Waals surface area contributed by atoms with Gasteiger partial charge in [-0.25, -0.2) is 0 Å². The van der Waals surface area contributed by atoms with Crippen molar-refractivity contribution in [3.05, 3.63) is 0 Å². The predicted molar refractivity (Wildman–Crippen MR) is 44.8 cm³/mol. The van der Waals surface area contributed by atoms with Crippen molar-refractivity contribution in [2.45, 2.75) is 37.9 Å².